The van der Waals surface area contributed by atoms with Crippen molar-refractivity contribution in [3.63, 3.8) is 0 Å². The Hall–Kier alpha value is -2.37. The lowest BCUT2D eigenvalue weighted by Gasteiger charge is -2.28. The van der Waals surface area contributed by atoms with Crippen LogP contribution in [0.25, 0.3) is 0 Å². The zero-order valence-electron chi connectivity index (χ0n) is 15.3. The molecule has 1 aromatic carbocycles. The molecule has 2 N–H and O–H groups in total. The van der Waals surface area contributed by atoms with Crippen molar-refractivity contribution in [3.05, 3.63) is 29.8 Å². The van der Waals surface area contributed by atoms with Gasteiger partial charge in [-0.15, -0.1) is 0 Å². The van der Waals surface area contributed by atoms with Crippen LogP contribution in [0.3, 0.4) is 0 Å². The maximum atomic E-state index is 12.1. The first-order valence-corrected chi connectivity index (χ1v) is 9.26. The number of hydrogen-bond acceptors (Lipinski definition) is 4. The lowest BCUT2D eigenvalue weighted by Crippen LogP contribution is -2.42. The van der Waals surface area contributed by atoms with Gasteiger partial charge in [-0.05, 0) is 68.2 Å². The molecule has 6 heteroatoms. The smallest absolute Gasteiger partial charge is 0.338 e. The average molecular weight is 358 g/mol. The fraction of sp³-hybridized carbons (Fsp3) is 0.550. The molecule has 2 amide bonds. The lowest BCUT2D eigenvalue weighted by molar-refractivity contribution is -0.125. The molecule has 1 aromatic rings. The predicted octanol–water partition coefficient (Wildman–Crippen LogP) is 2.74. The second-order valence-corrected chi connectivity index (χ2v) is 7.53. The monoisotopic (exact) mass is 358 g/mol. The van der Waals surface area contributed by atoms with Crippen molar-refractivity contribution >= 4 is 23.5 Å². The molecule has 2 bridgehead atoms. The molecular weight excluding hydrogens is 332 g/mol. The average Bonchev–Trinajstić information content (AvgIpc) is 3.23. The first kappa shape index (κ1) is 18.4. The van der Waals surface area contributed by atoms with E-state index in [1.807, 2.05) is 6.92 Å². The Morgan fingerprint density at radius 1 is 1.15 bits per heavy atom. The van der Waals surface area contributed by atoms with Gasteiger partial charge in [0, 0.05) is 18.7 Å². The molecule has 2 aliphatic rings. The first-order chi connectivity index (χ1) is 12.4. The van der Waals surface area contributed by atoms with Crippen LogP contribution in [-0.2, 0) is 14.3 Å². The van der Waals surface area contributed by atoms with E-state index in [1.165, 1.54) is 32.6 Å². The quantitative estimate of drug-likeness (QED) is 0.766. The molecule has 4 atom stereocenters. The minimum absolute atomic E-state index is 0.119. The van der Waals surface area contributed by atoms with Crippen LogP contribution in [0.15, 0.2) is 24.3 Å². The summed E-state index contributed by atoms with van der Waals surface area (Å²) in [6.07, 6.45) is 5.11. The summed E-state index contributed by atoms with van der Waals surface area (Å²) in [6, 6.07) is 6.48. The van der Waals surface area contributed by atoms with Gasteiger partial charge in [0.25, 0.3) is 5.91 Å². The summed E-state index contributed by atoms with van der Waals surface area (Å²) >= 11 is 0. The number of carbonyl (C=O) groups excluding carboxylic acids is 3. The zero-order valence-corrected chi connectivity index (χ0v) is 15.3. The molecule has 0 aliphatic heterocycles. The second-order valence-electron chi connectivity index (χ2n) is 7.53. The normalized spacial score (nSPS) is 24.8. The molecule has 3 rings (SSSR count). The topological polar surface area (TPSA) is 84.5 Å². The van der Waals surface area contributed by atoms with Crippen molar-refractivity contribution in [2.24, 2.45) is 17.8 Å². The summed E-state index contributed by atoms with van der Waals surface area (Å²) in [5.74, 6) is 1.13. The van der Waals surface area contributed by atoms with E-state index >= 15 is 0 Å². The number of fused-ring (bicyclic) bond motifs is 2. The van der Waals surface area contributed by atoms with Gasteiger partial charge in [-0.25, -0.2) is 4.79 Å². The molecule has 26 heavy (non-hydrogen) atoms. The fourth-order valence-electron chi connectivity index (χ4n) is 4.42. The molecule has 0 aromatic heterocycles. The van der Waals surface area contributed by atoms with Crippen molar-refractivity contribution in [3.8, 4) is 0 Å². The molecule has 2 aliphatic carbocycles. The van der Waals surface area contributed by atoms with Crippen molar-refractivity contribution < 1.29 is 19.1 Å². The molecule has 0 radical (unpaired) electrons. The standard InChI is InChI=1S/C20H26N2O4/c1-12(18-10-14-3-4-16(18)9-14)21-19(24)11-26-20(25)15-5-7-17(8-6-15)22-13(2)23/h5-8,12,14,16,18H,3-4,9-11H2,1-2H3,(H,21,24)(H,22,23). The highest BCUT2D eigenvalue weighted by atomic mass is 16.5. The number of rotatable bonds is 6. The third-order valence-corrected chi connectivity index (χ3v) is 5.60. The Kier molecular flexibility index (Phi) is 5.59. The van der Waals surface area contributed by atoms with Gasteiger partial charge in [0.1, 0.15) is 0 Å². The SMILES string of the molecule is CC(=O)Nc1ccc(C(=O)OCC(=O)NC(C)C2CC3CCC2C3)cc1. The van der Waals surface area contributed by atoms with Crippen LogP contribution in [-0.4, -0.2) is 30.4 Å². The lowest BCUT2D eigenvalue weighted by atomic mass is 9.84. The van der Waals surface area contributed by atoms with E-state index in [-0.39, 0.29) is 24.5 Å². The van der Waals surface area contributed by atoms with Crippen LogP contribution < -0.4 is 10.6 Å². The summed E-state index contributed by atoms with van der Waals surface area (Å²) in [7, 11) is 0. The number of esters is 1. The first-order valence-electron chi connectivity index (χ1n) is 9.26. The third kappa shape index (κ3) is 4.42. The predicted molar refractivity (Wildman–Crippen MR) is 97.6 cm³/mol. The van der Waals surface area contributed by atoms with Gasteiger partial charge >= 0.3 is 5.97 Å². The summed E-state index contributed by atoms with van der Waals surface area (Å²) in [5.41, 5.74) is 0.944. The van der Waals surface area contributed by atoms with E-state index in [2.05, 4.69) is 10.6 Å². The highest BCUT2D eigenvalue weighted by Crippen LogP contribution is 2.49. The van der Waals surface area contributed by atoms with Crippen molar-refractivity contribution in [1.82, 2.24) is 5.32 Å². The Morgan fingerprint density at radius 2 is 1.88 bits per heavy atom. The number of benzene rings is 1. The van der Waals surface area contributed by atoms with Crippen LogP contribution >= 0.6 is 0 Å². The minimum Gasteiger partial charge on any atom is -0.452 e. The van der Waals surface area contributed by atoms with Gasteiger partial charge in [0.2, 0.25) is 5.91 Å². The number of nitrogens with one attached hydrogen (secondary N) is 2. The largest absolute Gasteiger partial charge is 0.452 e. The maximum Gasteiger partial charge on any atom is 0.338 e. The highest BCUT2D eigenvalue weighted by Gasteiger charge is 2.42. The molecule has 0 spiro atoms. The summed E-state index contributed by atoms with van der Waals surface area (Å²) in [4.78, 5) is 35.1. The number of anilines is 1. The molecule has 0 heterocycles. The third-order valence-electron chi connectivity index (χ3n) is 5.60. The van der Waals surface area contributed by atoms with Gasteiger partial charge in [-0.3, -0.25) is 9.59 Å². The minimum atomic E-state index is -0.554. The number of ether oxygens (including phenoxy) is 1. The Balaban J connectivity index is 1.43. The molecule has 2 saturated carbocycles. The van der Waals surface area contributed by atoms with Crippen LogP contribution in [0.4, 0.5) is 5.69 Å². The van der Waals surface area contributed by atoms with E-state index < -0.39 is 5.97 Å². The summed E-state index contributed by atoms with van der Waals surface area (Å²) in [6.45, 7) is 3.18. The second kappa shape index (κ2) is 7.89. The molecule has 4 unspecified atom stereocenters. The van der Waals surface area contributed by atoms with Crippen molar-refractivity contribution in [2.45, 2.75) is 45.6 Å². The number of amides is 2. The molecule has 6 nitrogen and oxygen atoms in total. The molecule has 0 saturated heterocycles. The molecular formula is C20H26N2O4. The van der Waals surface area contributed by atoms with E-state index in [0.29, 0.717) is 17.2 Å². The van der Waals surface area contributed by atoms with Gasteiger partial charge in [-0.1, -0.05) is 6.42 Å². The summed E-state index contributed by atoms with van der Waals surface area (Å²) < 4.78 is 5.10. The van der Waals surface area contributed by atoms with Gasteiger partial charge in [0.05, 0.1) is 5.56 Å². The van der Waals surface area contributed by atoms with Gasteiger partial charge in [0.15, 0.2) is 6.61 Å². The van der Waals surface area contributed by atoms with Crippen LogP contribution in [0.5, 0.6) is 0 Å². The summed E-state index contributed by atoms with van der Waals surface area (Å²) in [5, 5.41) is 5.61. The van der Waals surface area contributed by atoms with Crippen LogP contribution in [0.2, 0.25) is 0 Å². The Morgan fingerprint density at radius 3 is 2.46 bits per heavy atom. The van der Waals surface area contributed by atoms with Crippen molar-refractivity contribution in [2.75, 3.05) is 11.9 Å². The van der Waals surface area contributed by atoms with E-state index in [0.717, 1.165) is 11.8 Å². The number of carbonyl (C=O) groups is 3. The van der Waals surface area contributed by atoms with Crippen LogP contribution in [0.1, 0.15) is 49.9 Å². The fourth-order valence-corrected chi connectivity index (χ4v) is 4.42. The zero-order chi connectivity index (χ0) is 18.7. The van der Waals surface area contributed by atoms with Crippen LogP contribution in [0, 0.1) is 17.8 Å². The van der Waals surface area contributed by atoms with E-state index in [9.17, 15) is 14.4 Å². The Bertz CT molecular complexity index is 686. The van der Waals surface area contributed by atoms with Gasteiger partial charge in [-0.2, -0.15) is 0 Å². The highest BCUT2D eigenvalue weighted by molar-refractivity contribution is 5.93. The molecule has 140 valence electrons. The van der Waals surface area contributed by atoms with E-state index in [1.54, 1.807) is 24.3 Å². The van der Waals surface area contributed by atoms with Crippen molar-refractivity contribution in [1.29, 1.82) is 0 Å². The number of hydrogen-bond donors (Lipinski definition) is 2. The molecule has 2 fully saturated rings. The van der Waals surface area contributed by atoms with E-state index in [4.69, 9.17) is 4.74 Å². The van der Waals surface area contributed by atoms with Gasteiger partial charge < -0.3 is 15.4 Å². The Labute approximate surface area is 153 Å². The maximum absolute atomic E-state index is 12.1.